The summed E-state index contributed by atoms with van der Waals surface area (Å²) in [6.45, 7) is 0. The van der Waals surface area contributed by atoms with Gasteiger partial charge in [-0.3, -0.25) is 4.79 Å². The van der Waals surface area contributed by atoms with Crippen molar-refractivity contribution in [3.63, 3.8) is 0 Å². The van der Waals surface area contributed by atoms with Gasteiger partial charge in [0.1, 0.15) is 0 Å². The van der Waals surface area contributed by atoms with Gasteiger partial charge in [-0.1, -0.05) is 40.9 Å². The standard InChI is InChI=1S/C18H17BrINO/c19-14-5-9-16(10-6-14)21-17(22)18(11-1-2-12-18)13-3-7-15(20)8-4-13/h3-10H,1-2,11-12H2,(H,21,22). The lowest BCUT2D eigenvalue weighted by molar-refractivity contribution is -0.121. The van der Waals surface area contributed by atoms with E-state index in [9.17, 15) is 4.79 Å². The zero-order valence-corrected chi connectivity index (χ0v) is 15.9. The Morgan fingerprint density at radius 1 is 1.00 bits per heavy atom. The second-order valence-corrected chi connectivity index (χ2v) is 7.92. The van der Waals surface area contributed by atoms with Gasteiger partial charge in [0.15, 0.2) is 0 Å². The van der Waals surface area contributed by atoms with E-state index in [1.807, 2.05) is 24.3 Å². The van der Waals surface area contributed by atoms with Gasteiger partial charge in [0.2, 0.25) is 5.91 Å². The maximum Gasteiger partial charge on any atom is 0.235 e. The highest BCUT2D eigenvalue weighted by molar-refractivity contribution is 14.1. The maximum absolute atomic E-state index is 13.0. The van der Waals surface area contributed by atoms with Gasteiger partial charge < -0.3 is 5.32 Å². The average molecular weight is 470 g/mol. The van der Waals surface area contributed by atoms with Crippen molar-refractivity contribution in [2.45, 2.75) is 31.1 Å². The number of carbonyl (C=O) groups excluding carboxylic acids is 1. The van der Waals surface area contributed by atoms with Crippen LogP contribution in [0.15, 0.2) is 53.0 Å². The molecule has 1 aliphatic carbocycles. The lowest BCUT2D eigenvalue weighted by atomic mass is 9.78. The van der Waals surface area contributed by atoms with Gasteiger partial charge in [-0.25, -0.2) is 0 Å². The molecular weight excluding hydrogens is 453 g/mol. The molecule has 2 nitrogen and oxygen atoms in total. The highest BCUT2D eigenvalue weighted by atomic mass is 127. The molecule has 114 valence electrons. The summed E-state index contributed by atoms with van der Waals surface area (Å²) >= 11 is 5.72. The molecule has 0 atom stereocenters. The molecule has 4 heteroatoms. The van der Waals surface area contributed by atoms with Gasteiger partial charge >= 0.3 is 0 Å². The molecule has 0 saturated heterocycles. The van der Waals surface area contributed by atoms with E-state index in [-0.39, 0.29) is 11.3 Å². The molecule has 22 heavy (non-hydrogen) atoms. The Morgan fingerprint density at radius 2 is 1.59 bits per heavy atom. The second-order valence-electron chi connectivity index (χ2n) is 5.76. The molecule has 0 heterocycles. The Morgan fingerprint density at radius 3 is 2.18 bits per heavy atom. The number of halogens is 2. The number of benzene rings is 2. The van der Waals surface area contributed by atoms with Gasteiger partial charge in [0.05, 0.1) is 5.41 Å². The average Bonchev–Trinajstić information content (AvgIpc) is 3.01. The van der Waals surface area contributed by atoms with E-state index < -0.39 is 0 Å². The smallest absolute Gasteiger partial charge is 0.235 e. The van der Waals surface area contributed by atoms with Crippen LogP contribution in [0, 0.1) is 3.57 Å². The van der Waals surface area contributed by atoms with E-state index in [4.69, 9.17) is 0 Å². The fourth-order valence-corrected chi connectivity index (χ4v) is 3.80. The summed E-state index contributed by atoms with van der Waals surface area (Å²) in [5.41, 5.74) is 1.61. The first-order chi connectivity index (χ1) is 10.6. The summed E-state index contributed by atoms with van der Waals surface area (Å²) in [7, 11) is 0. The van der Waals surface area contributed by atoms with Crippen molar-refractivity contribution in [3.05, 3.63) is 62.1 Å². The predicted molar refractivity (Wildman–Crippen MR) is 102 cm³/mol. The van der Waals surface area contributed by atoms with E-state index in [1.54, 1.807) is 0 Å². The molecule has 1 fully saturated rings. The number of rotatable bonds is 3. The van der Waals surface area contributed by atoms with Crippen molar-refractivity contribution in [1.82, 2.24) is 0 Å². The van der Waals surface area contributed by atoms with Crippen molar-refractivity contribution in [2.24, 2.45) is 0 Å². The Hall–Kier alpha value is -0.880. The third kappa shape index (κ3) is 3.23. The summed E-state index contributed by atoms with van der Waals surface area (Å²) in [5, 5.41) is 3.10. The summed E-state index contributed by atoms with van der Waals surface area (Å²) in [4.78, 5) is 13.0. The Labute approximate surface area is 153 Å². The predicted octanol–water partition coefficient (Wildman–Crippen LogP) is 5.50. The minimum absolute atomic E-state index is 0.119. The fourth-order valence-electron chi connectivity index (χ4n) is 3.18. The molecule has 0 spiro atoms. The van der Waals surface area contributed by atoms with Crippen molar-refractivity contribution in [2.75, 3.05) is 5.32 Å². The monoisotopic (exact) mass is 469 g/mol. The molecule has 1 aliphatic rings. The first-order valence-electron chi connectivity index (χ1n) is 7.43. The zero-order chi connectivity index (χ0) is 15.6. The van der Waals surface area contributed by atoms with Crippen LogP contribution in [0.3, 0.4) is 0 Å². The number of hydrogen-bond acceptors (Lipinski definition) is 1. The van der Waals surface area contributed by atoms with E-state index in [1.165, 1.54) is 3.57 Å². The molecule has 0 bridgehead atoms. The van der Waals surface area contributed by atoms with Crippen LogP contribution < -0.4 is 5.32 Å². The van der Waals surface area contributed by atoms with Crippen LogP contribution in [-0.4, -0.2) is 5.91 Å². The Balaban J connectivity index is 1.88. The van der Waals surface area contributed by atoms with Gasteiger partial charge in [0.25, 0.3) is 0 Å². The number of anilines is 1. The minimum Gasteiger partial charge on any atom is -0.325 e. The SMILES string of the molecule is O=C(Nc1ccc(Br)cc1)C1(c2ccc(I)cc2)CCCC1. The van der Waals surface area contributed by atoms with Crippen LogP contribution in [0.5, 0.6) is 0 Å². The Bertz CT molecular complexity index is 660. The van der Waals surface area contributed by atoms with Crippen molar-refractivity contribution in [1.29, 1.82) is 0 Å². The normalized spacial score (nSPS) is 16.5. The maximum atomic E-state index is 13.0. The molecule has 2 aromatic carbocycles. The number of amides is 1. The quantitative estimate of drug-likeness (QED) is 0.590. The van der Waals surface area contributed by atoms with Gasteiger partial charge in [-0.15, -0.1) is 0 Å². The summed E-state index contributed by atoms with van der Waals surface area (Å²) in [6.07, 6.45) is 4.07. The molecule has 1 N–H and O–H groups in total. The van der Waals surface area contributed by atoms with Gasteiger partial charge in [0, 0.05) is 13.7 Å². The summed E-state index contributed by atoms with van der Waals surface area (Å²) in [5.74, 6) is 0.119. The topological polar surface area (TPSA) is 29.1 Å². The first-order valence-corrected chi connectivity index (χ1v) is 9.30. The minimum atomic E-state index is -0.378. The molecule has 1 saturated carbocycles. The molecule has 2 aromatic rings. The van der Waals surface area contributed by atoms with Crippen LogP contribution in [-0.2, 0) is 10.2 Å². The van der Waals surface area contributed by atoms with Crippen LogP contribution in [0.1, 0.15) is 31.2 Å². The lowest BCUT2D eigenvalue weighted by Gasteiger charge is -2.28. The van der Waals surface area contributed by atoms with Gasteiger partial charge in [-0.2, -0.15) is 0 Å². The molecular formula is C18H17BrINO. The van der Waals surface area contributed by atoms with Crippen LogP contribution in [0.4, 0.5) is 5.69 Å². The van der Waals surface area contributed by atoms with Crippen molar-refractivity contribution >= 4 is 50.1 Å². The Kier molecular flexibility index (Phi) is 4.88. The third-order valence-electron chi connectivity index (χ3n) is 4.39. The number of carbonyl (C=O) groups is 1. The number of hydrogen-bond donors (Lipinski definition) is 1. The highest BCUT2D eigenvalue weighted by Gasteiger charge is 2.42. The van der Waals surface area contributed by atoms with E-state index >= 15 is 0 Å². The van der Waals surface area contributed by atoms with Crippen LogP contribution >= 0.6 is 38.5 Å². The second kappa shape index (κ2) is 6.71. The van der Waals surface area contributed by atoms with E-state index in [0.717, 1.165) is 41.4 Å². The van der Waals surface area contributed by atoms with Crippen LogP contribution in [0.25, 0.3) is 0 Å². The molecule has 0 aromatic heterocycles. The first kappa shape index (κ1) is 16.0. The van der Waals surface area contributed by atoms with Gasteiger partial charge in [-0.05, 0) is 77.4 Å². The molecule has 0 unspecified atom stereocenters. The largest absolute Gasteiger partial charge is 0.325 e. The number of nitrogens with one attached hydrogen (secondary N) is 1. The zero-order valence-electron chi connectivity index (χ0n) is 12.1. The van der Waals surface area contributed by atoms with Crippen molar-refractivity contribution < 1.29 is 4.79 Å². The molecule has 0 radical (unpaired) electrons. The lowest BCUT2D eigenvalue weighted by Crippen LogP contribution is -2.38. The molecule has 0 aliphatic heterocycles. The van der Waals surface area contributed by atoms with E-state index in [0.29, 0.717) is 0 Å². The fraction of sp³-hybridized carbons (Fsp3) is 0.278. The van der Waals surface area contributed by atoms with E-state index in [2.05, 4.69) is 68.1 Å². The molecule has 3 rings (SSSR count). The van der Waals surface area contributed by atoms with Crippen molar-refractivity contribution in [3.8, 4) is 0 Å². The summed E-state index contributed by atoms with van der Waals surface area (Å²) in [6, 6.07) is 16.1. The third-order valence-corrected chi connectivity index (χ3v) is 5.64. The summed E-state index contributed by atoms with van der Waals surface area (Å²) < 4.78 is 2.21. The van der Waals surface area contributed by atoms with Crippen LogP contribution in [0.2, 0.25) is 0 Å². The highest BCUT2D eigenvalue weighted by Crippen LogP contribution is 2.42. The molecule has 1 amide bonds.